The molecule has 2 aromatic rings. The molecule has 1 saturated heterocycles. The molecule has 1 aliphatic heterocycles. The molecule has 0 bridgehead atoms. The molecule has 1 N–H and O–H groups in total. The number of ether oxygens (including phenoxy) is 1. The monoisotopic (exact) mass is 393 g/mol. The number of rotatable bonds is 3. The van der Waals surface area contributed by atoms with Gasteiger partial charge in [0.2, 0.25) is 0 Å². The van der Waals surface area contributed by atoms with E-state index in [2.05, 4.69) is 31.2 Å². The summed E-state index contributed by atoms with van der Waals surface area (Å²) in [7, 11) is 0. The van der Waals surface area contributed by atoms with Crippen molar-refractivity contribution < 1.29 is 14.3 Å². The molecule has 1 fully saturated rings. The summed E-state index contributed by atoms with van der Waals surface area (Å²) in [4.78, 5) is 33.7. The number of pyridine rings is 1. The van der Waals surface area contributed by atoms with Gasteiger partial charge in [0.05, 0.1) is 12.0 Å². The van der Waals surface area contributed by atoms with Crippen LogP contribution < -0.4 is 5.32 Å². The quantitative estimate of drug-likeness (QED) is 0.623. The summed E-state index contributed by atoms with van der Waals surface area (Å²) in [6.07, 6.45) is 4.23. The number of hydrogen-bond acceptors (Lipinski definition) is 6. The van der Waals surface area contributed by atoms with Gasteiger partial charge in [-0.2, -0.15) is 0 Å². The Hall–Kier alpha value is -2.26. The molecule has 0 atom stereocenters. The largest absolute Gasteiger partial charge is 0.417 e. The van der Waals surface area contributed by atoms with Crippen LogP contribution in [0.25, 0.3) is 11.3 Å². The molecule has 0 aromatic carbocycles. The highest BCUT2D eigenvalue weighted by atomic mass is 79.9. The van der Waals surface area contributed by atoms with Gasteiger partial charge >= 0.3 is 12.1 Å². The number of carbonyl (C=O) groups excluding carboxylic acids is 2. The Bertz CT molecular complexity index is 728. The van der Waals surface area contributed by atoms with E-state index in [4.69, 9.17) is 4.74 Å². The minimum atomic E-state index is -0.626. The lowest BCUT2D eigenvalue weighted by atomic mass is 10.2. The maximum absolute atomic E-state index is 12.1. The van der Waals surface area contributed by atoms with E-state index in [1.807, 2.05) is 12.1 Å². The molecule has 3 heterocycles. The van der Waals surface area contributed by atoms with Crippen LogP contribution >= 0.6 is 15.9 Å². The smallest absolute Gasteiger partial charge is 0.375 e. The van der Waals surface area contributed by atoms with Crippen LogP contribution in [0.4, 0.5) is 4.79 Å². The van der Waals surface area contributed by atoms with E-state index in [1.54, 1.807) is 17.0 Å². The Morgan fingerprint density at radius 3 is 2.67 bits per heavy atom. The van der Waals surface area contributed by atoms with Crippen molar-refractivity contribution in [2.45, 2.75) is 6.54 Å². The Kier molecular flexibility index (Phi) is 5.21. The van der Waals surface area contributed by atoms with Crippen molar-refractivity contribution in [3.63, 3.8) is 0 Å². The summed E-state index contributed by atoms with van der Waals surface area (Å²) < 4.78 is 7.18. The lowest BCUT2D eigenvalue weighted by molar-refractivity contribution is -0.139. The maximum atomic E-state index is 12.1. The fraction of sp³-hybridized carbons (Fsp3) is 0.333. The van der Waals surface area contributed by atoms with Crippen LogP contribution in [0.1, 0.15) is 0 Å². The first-order valence-corrected chi connectivity index (χ1v) is 8.26. The second kappa shape index (κ2) is 7.54. The van der Waals surface area contributed by atoms with Crippen LogP contribution in [0, 0.1) is 0 Å². The Balaban J connectivity index is 1.68. The predicted molar refractivity (Wildman–Crippen MR) is 89.1 cm³/mol. The van der Waals surface area contributed by atoms with E-state index in [0.29, 0.717) is 30.8 Å². The molecule has 1 aliphatic rings. The average Bonchev–Trinajstić information content (AvgIpc) is 2.96. The zero-order valence-electron chi connectivity index (χ0n) is 12.8. The molecule has 126 valence electrons. The first-order chi connectivity index (χ1) is 11.6. The average molecular weight is 394 g/mol. The van der Waals surface area contributed by atoms with Gasteiger partial charge < -0.3 is 19.5 Å². The molecule has 0 unspecified atom stereocenters. The van der Waals surface area contributed by atoms with Gasteiger partial charge in [0.1, 0.15) is 11.1 Å². The van der Waals surface area contributed by atoms with E-state index in [1.165, 1.54) is 11.2 Å². The molecule has 9 heteroatoms. The first-order valence-electron chi connectivity index (χ1n) is 7.46. The summed E-state index contributed by atoms with van der Waals surface area (Å²) in [6.45, 7) is 2.36. The fourth-order valence-corrected chi connectivity index (χ4v) is 3.00. The van der Waals surface area contributed by atoms with Crippen molar-refractivity contribution >= 4 is 28.0 Å². The molecule has 2 aromatic heterocycles. The number of halogens is 1. The van der Waals surface area contributed by atoms with E-state index in [-0.39, 0.29) is 6.54 Å². The van der Waals surface area contributed by atoms with Crippen LogP contribution in [0.3, 0.4) is 0 Å². The number of carbonyl (C=O) groups is 2. The van der Waals surface area contributed by atoms with Crippen molar-refractivity contribution in [1.29, 1.82) is 0 Å². The number of hydrogen-bond donors (Lipinski definition) is 1. The number of nitrogens with one attached hydrogen (secondary N) is 1. The van der Waals surface area contributed by atoms with Crippen molar-refractivity contribution in [2.75, 3.05) is 26.2 Å². The van der Waals surface area contributed by atoms with Crippen molar-refractivity contribution in [3.8, 4) is 11.3 Å². The van der Waals surface area contributed by atoms with Crippen molar-refractivity contribution in [1.82, 2.24) is 24.8 Å². The molecule has 0 saturated carbocycles. The molecule has 0 spiro atoms. The van der Waals surface area contributed by atoms with E-state index >= 15 is 0 Å². The normalized spacial score (nSPS) is 14.5. The van der Waals surface area contributed by atoms with Gasteiger partial charge in [-0.25, -0.2) is 14.6 Å². The van der Waals surface area contributed by atoms with Gasteiger partial charge in [-0.1, -0.05) is 0 Å². The number of esters is 1. The third kappa shape index (κ3) is 3.80. The summed E-state index contributed by atoms with van der Waals surface area (Å²) in [6, 6.07) is 3.63. The zero-order chi connectivity index (χ0) is 16.9. The lowest BCUT2D eigenvalue weighted by Gasteiger charge is -2.26. The van der Waals surface area contributed by atoms with Gasteiger partial charge in [-0.15, -0.1) is 0 Å². The Morgan fingerprint density at radius 2 is 1.96 bits per heavy atom. The first kappa shape index (κ1) is 16.6. The second-order valence-electron chi connectivity index (χ2n) is 5.22. The van der Waals surface area contributed by atoms with Gasteiger partial charge in [0, 0.05) is 44.1 Å². The molecule has 3 rings (SSSR count). The minimum Gasteiger partial charge on any atom is -0.375 e. The predicted octanol–water partition coefficient (Wildman–Crippen LogP) is 1.28. The fourth-order valence-electron chi connectivity index (χ4n) is 2.45. The summed E-state index contributed by atoms with van der Waals surface area (Å²) in [5.74, 6) is -0.626. The summed E-state index contributed by atoms with van der Waals surface area (Å²) >= 11 is 3.37. The van der Waals surface area contributed by atoms with Crippen LogP contribution in [0.15, 0.2) is 35.5 Å². The maximum Gasteiger partial charge on any atom is 0.417 e. The van der Waals surface area contributed by atoms with Gasteiger partial charge in [0.15, 0.2) is 0 Å². The number of piperazine rings is 1. The van der Waals surface area contributed by atoms with E-state index < -0.39 is 12.1 Å². The van der Waals surface area contributed by atoms with Crippen LogP contribution in [0.5, 0.6) is 0 Å². The van der Waals surface area contributed by atoms with Crippen molar-refractivity contribution in [2.24, 2.45) is 0 Å². The van der Waals surface area contributed by atoms with Crippen LogP contribution in [0.2, 0.25) is 0 Å². The van der Waals surface area contributed by atoms with Crippen LogP contribution in [-0.4, -0.2) is 57.7 Å². The SMILES string of the molecule is O=C(Cn1cnc(Br)c1-c1ccncc1)OC(=O)N1CCNCC1. The number of aromatic nitrogens is 3. The highest BCUT2D eigenvalue weighted by molar-refractivity contribution is 9.10. The highest BCUT2D eigenvalue weighted by Crippen LogP contribution is 2.26. The van der Waals surface area contributed by atoms with Gasteiger partial charge in [0.25, 0.3) is 0 Å². The van der Waals surface area contributed by atoms with E-state index in [0.717, 1.165) is 11.3 Å². The molecule has 0 radical (unpaired) electrons. The summed E-state index contributed by atoms with van der Waals surface area (Å²) in [5.41, 5.74) is 1.58. The molecular formula is C15H16BrN5O3. The zero-order valence-corrected chi connectivity index (χ0v) is 14.4. The number of nitrogens with zero attached hydrogens (tertiary/aromatic N) is 4. The number of amides is 1. The molecule has 0 aliphatic carbocycles. The van der Waals surface area contributed by atoms with Gasteiger partial charge in [-0.05, 0) is 28.1 Å². The van der Waals surface area contributed by atoms with E-state index in [9.17, 15) is 9.59 Å². The lowest BCUT2D eigenvalue weighted by Crippen LogP contribution is -2.47. The third-order valence-electron chi connectivity index (χ3n) is 3.62. The minimum absolute atomic E-state index is 0.103. The number of imidazole rings is 1. The molecule has 24 heavy (non-hydrogen) atoms. The molecule has 1 amide bonds. The third-order valence-corrected chi connectivity index (χ3v) is 4.20. The van der Waals surface area contributed by atoms with Gasteiger partial charge in [-0.3, -0.25) is 4.98 Å². The summed E-state index contributed by atoms with van der Waals surface area (Å²) in [5, 5.41) is 3.13. The molecule has 8 nitrogen and oxygen atoms in total. The standard InChI is InChI=1S/C15H16BrN5O3/c16-14-13(11-1-3-17-4-2-11)21(10-19-14)9-12(22)24-15(23)20-7-5-18-6-8-20/h1-4,10,18H,5-9H2. The van der Waals surface area contributed by atoms with Crippen molar-refractivity contribution in [3.05, 3.63) is 35.5 Å². The second-order valence-corrected chi connectivity index (χ2v) is 5.98. The topological polar surface area (TPSA) is 89.4 Å². The van der Waals surface area contributed by atoms with Crippen LogP contribution in [-0.2, 0) is 16.1 Å². The highest BCUT2D eigenvalue weighted by Gasteiger charge is 2.21. The Labute approximate surface area is 147 Å². The Morgan fingerprint density at radius 1 is 1.25 bits per heavy atom. The molecular weight excluding hydrogens is 378 g/mol.